The molecule has 0 radical (unpaired) electrons. The minimum absolute atomic E-state index is 0.228. The molecule has 0 saturated carbocycles. The zero-order valence-corrected chi connectivity index (χ0v) is 11.7. The number of ether oxygens (including phenoxy) is 1. The van der Waals surface area contributed by atoms with Crippen molar-refractivity contribution >= 4 is 11.6 Å². The van der Waals surface area contributed by atoms with Crippen LogP contribution in [0.3, 0.4) is 0 Å². The molecule has 1 amide bonds. The lowest BCUT2D eigenvalue weighted by molar-refractivity contribution is -0.115. The Morgan fingerprint density at radius 3 is 2.90 bits per heavy atom. The van der Waals surface area contributed by atoms with E-state index >= 15 is 0 Å². The summed E-state index contributed by atoms with van der Waals surface area (Å²) in [5.74, 6) is 0.981. The summed E-state index contributed by atoms with van der Waals surface area (Å²) in [4.78, 5) is 11.5. The van der Waals surface area contributed by atoms with E-state index in [0.29, 0.717) is 35.2 Å². The van der Waals surface area contributed by atoms with Gasteiger partial charge in [0.15, 0.2) is 0 Å². The molecule has 0 bridgehead atoms. The van der Waals surface area contributed by atoms with Crippen LogP contribution in [0, 0.1) is 11.3 Å². The van der Waals surface area contributed by atoms with E-state index in [9.17, 15) is 4.79 Å². The molecule has 0 aliphatic heterocycles. The van der Waals surface area contributed by atoms with Crippen LogP contribution in [0.15, 0.2) is 22.6 Å². The first-order valence-corrected chi connectivity index (χ1v) is 6.35. The fourth-order valence-electron chi connectivity index (χ4n) is 1.72. The molecule has 0 aliphatic carbocycles. The van der Waals surface area contributed by atoms with E-state index < -0.39 is 5.91 Å². The molecule has 1 heterocycles. The predicted octanol–water partition coefficient (Wildman–Crippen LogP) is 2.16. The number of hydrogen-bond donors (Lipinski definition) is 1. The summed E-state index contributed by atoms with van der Waals surface area (Å²) in [6, 6.07) is 6.90. The van der Waals surface area contributed by atoms with Gasteiger partial charge in [-0.15, -0.1) is 10.2 Å². The maximum Gasteiger partial charge on any atom is 0.247 e. The summed E-state index contributed by atoms with van der Waals surface area (Å²) in [6.45, 7) is 1.92. The van der Waals surface area contributed by atoms with Crippen LogP contribution in [-0.4, -0.2) is 23.2 Å². The fourth-order valence-corrected chi connectivity index (χ4v) is 1.72. The first kappa shape index (κ1) is 14.5. The quantitative estimate of drug-likeness (QED) is 0.903. The van der Waals surface area contributed by atoms with E-state index in [-0.39, 0.29) is 6.42 Å². The van der Waals surface area contributed by atoms with Crippen LogP contribution in [0.2, 0.25) is 0 Å². The molecule has 0 unspecified atom stereocenters. The van der Waals surface area contributed by atoms with Gasteiger partial charge in [-0.25, -0.2) is 0 Å². The second-order valence-corrected chi connectivity index (χ2v) is 4.15. The number of amides is 1. The number of anilines is 1. The molecule has 1 aromatic heterocycles. The number of nitriles is 1. The largest absolute Gasteiger partial charge is 0.495 e. The number of carbonyl (C=O) groups excluding carboxylic acids is 1. The average molecular weight is 286 g/mol. The molecule has 1 N–H and O–H groups in total. The number of nitrogens with one attached hydrogen (secondary N) is 1. The molecular weight excluding hydrogens is 272 g/mol. The minimum atomic E-state index is -0.410. The Hall–Kier alpha value is -2.88. The lowest BCUT2D eigenvalue weighted by Gasteiger charge is -2.10. The summed E-state index contributed by atoms with van der Waals surface area (Å²) in [6.07, 6.45) is 0.419. The maximum absolute atomic E-state index is 11.5. The van der Waals surface area contributed by atoms with Gasteiger partial charge in [-0.05, 0) is 18.2 Å². The number of aromatic nitrogens is 2. The van der Waals surface area contributed by atoms with Crippen molar-refractivity contribution in [3.63, 3.8) is 0 Å². The Kier molecular flexibility index (Phi) is 4.51. The lowest BCUT2D eigenvalue weighted by atomic mass is 10.2. The van der Waals surface area contributed by atoms with Crippen LogP contribution < -0.4 is 10.1 Å². The van der Waals surface area contributed by atoms with Crippen molar-refractivity contribution < 1.29 is 13.9 Å². The molecule has 7 heteroatoms. The highest BCUT2D eigenvalue weighted by Crippen LogP contribution is 2.30. The Balaban J connectivity index is 2.32. The van der Waals surface area contributed by atoms with E-state index in [4.69, 9.17) is 14.4 Å². The van der Waals surface area contributed by atoms with E-state index in [2.05, 4.69) is 15.5 Å². The molecule has 0 atom stereocenters. The number of benzene rings is 1. The lowest BCUT2D eigenvalue weighted by Crippen LogP contribution is -2.11. The van der Waals surface area contributed by atoms with Gasteiger partial charge in [0.2, 0.25) is 17.7 Å². The zero-order valence-electron chi connectivity index (χ0n) is 11.7. The number of aryl methyl sites for hydroxylation is 1. The summed E-state index contributed by atoms with van der Waals surface area (Å²) in [5, 5.41) is 19.0. The van der Waals surface area contributed by atoms with Gasteiger partial charge in [-0.1, -0.05) is 6.92 Å². The number of methoxy groups -OCH3 is 1. The molecule has 0 spiro atoms. The third-order valence-electron chi connectivity index (χ3n) is 2.73. The first-order chi connectivity index (χ1) is 10.2. The molecule has 108 valence electrons. The normalized spacial score (nSPS) is 9.95. The zero-order chi connectivity index (χ0) is 15.2. The van der Waals surface area contributed by atoms with Gasteiger partial charge in [0.25, 0.3) is 0 Å². The molecule has 1 aromatic carbocycles. The van der Waals surface area contributed by atoms with Gasteiger partial charge in [-0.2, -0.15) is 5.26 Å². The van der Waals surface area contributed by atoms with Crippen LogP contribution in [-0.2, 0) is 11.2 Å². The van der Waals surface area contributed by atoms with Gasteiger partial charge in [-0.3, -0.25) is 4.79 Å². The van der Waals surface area contributed by atoms with Crippen LogP contribution in [0.4, 0.5) is 5.69 Å². The van der Waals surface area contributed by atoms with E-state index in [1.165, 1.54) is 7.11 Å². The molecule has 7 nitrogen and oxygen atoms in total. The summed E-state index contributed by atoms with van der Waals surface area (Å²) < 4.78 is 10.6. The van der Waals surface area contributed by atoms with Crippen LogP contribution in [0.5, 0.6) is 5.75 Å². The summed E-state index contributed by atoms with van der Waals surface area (Å²) >= 11 is 0. The topological polar surface area (TPSA) is 101 Å². The van der Waals surface area contributed by atoms with Crippen molar-refractivity contribution in [2.24, 2.45) is 0 Å². The highest BCUT2D eigenvalue weighted by Gasteiger charge is 2.13. The third-order valence-corrected chi connectivity index (χ3v) is 2.73. The molecule has 21 heavy (non-hydrogen) atoms. The maximum atomic E-state index is 11.5. The highest BCUT2D eigenvalue weighted by molar-refractivity contribution is 5.94. The van der Waals surface area contributed by atoms with Gasteiger partial charge in [0, 0.05) is 12.0 Å². The second kappa shape index (κ2) is 6.52. The van der Waals surface area contributed by atoms with Crippen molar-refractivity contribution in [3.8, 4) is 23.3 Å². The Morgan fingerprint density at radius 1 is 1.48 bits per heavy atom. The minimum Gasteiger partial charge on any atom is -0.495 e. The van der Waals surface area contributed by atoms with Gasteiger partial charge >= 0.3 is 0 Å². The molecular formula is C14H14N4O3. The first-order valence-electron chi connectivity index (χ1n) is 6.35. The van der Waals surface area contributed by atoms with Gasteiger partial charge in [0.05, 0.1) is 18.9 Å². The fraction of sp³-hybridized carbons (Fsp3) is 0.286. The summed E-state index contributed by atoms with van der Waals surface area (Å²) in [5.41, 5.74) is 1.11. The van der Waals surface area contributed by atoms with Crippen molar-refractivity contribution in [2.75, 3.05) is 12.4 Å². The number of carbonyl (C=O) groups is 1. The number of rotatable bonds is 5. The molecule has 2 rings (SSSR count). The van der Waals surface area contributed by atoms with Crippen LogP contribution in [0.1, 0.15) is 19.2 Å². The van der Waals surface area contributed by atoms with E-state index in [1.54, 1.807) is 24.3 Å². The Morgan fingerprint density at radius 2 is 2.29 bits per heavy atom. The van der Waals surface area contributed by atoms with Crippen molar-refractivity contribution in [1.82, 2.24) is 10.2 Å². The van der Waals surface area contributed by atoms with Gasteiger partial charge in [0.1, 0.15) is 12.2 Å². The second-order valence-electron chi connectivity index (χ2n) is 4.15. The van der Waals surface area contributed by atoms with Crippen molar-refractivity contribution in [3.05, 3.63) is 24.1 Å². The molecule has 0 aliphatic rings. The standard InChI is InChI=1S/C14H14N4O3/c1-3-13-17-18-14(21-13)9-4-5-11(20-2)10(8-9)16-12(19)6-7-15/h4-5,8H,3,6H2,1-2H3,(H,16,19). The molecule has 0 saturated heterocycles. The molecule has 2 aromatic rings. The Labute approximate surface area is 121 Å². The number of nitrogens with zero attached hydrogens (tertiary/aromatic N) is 3. The van der Waals surface area contributed by atoms with Crippen molar-refractivity contribution in [2.45, 2.75) is 19.8 Å². The van der Waals surface area contributed by atoms with Gasteiger partial charge < -0.3 is 14.5 Å². The van der Waals surface area contributed by atoms with Crippen LogP contribution >= 0.6 is 0 Å². The SMILES string of the molecule is CCc1nnc(-c2ccc(OC)c(NC(=O)CC#N)c2)o1. The Bertz CT molecular complexity index is 688. The van der Waals surface area contributed by atoms with E-state index in [0.717, 1.165) is 0 Å². The third kappa shape index (κ3) is 3.36. The summed E-state index contributed by atoms with van der Waals surface area (Å²) in [7, 11) is 1.50. The monoisotopic (exact) mass is 286 g/mol. The molecule has 0 fully saturated rings. The van der Waals surface area contributed by atoms with Crippen LogP contribution in [0.25, 0.3) is 11.5 Å². The van der Waals surface area contributed by atoms with Crippen molar-refractivity contribution in [1.29, 1.82) is 5.26 Å². The number of hydrogen-bond acceptors (Lipinski definition) is 6. The predicted molar refractivity (Wildman–Crippen MR) is 74.5 cm³/mol. The highest BCUT2D eigenvalue weighted by atomic mass is 16.5. The smallest absolute Gasteiger partial charge is 0.247 e. The average Bonchev–Trinajstić information content (AvgIpc) is 2.96. The van der Waals surface area contributed by atoms with E-state index in [1.807, 2.05) is 6.92 Å².